The zero-order valence-corrected chi connectivity index (χ0v) is 14.1. The van der Waals surface area contributed by atoms with Gasteiger partial charge in [-0.3, -0.25) is 4.79 Å². The number of aromatic nitrogens is 2. The number of carbonyl (C=O) groups excluding carboxylic acids is 1. The van der Waals surface area contributed by atoms with E-state index in [0.29, 0.717) is 17.4 Å². The van der Waals surface area contributed by atoms with E-state index in [-0.39, 0.29) is 5.91 Å². The molecular weight excluding hydrogens is 302 g/mol. The molecule has 2 aromatic rings. The Morgan fingerprint density at radius 1 is 1.25 bits per heavy atom. The average Bonchev–Trinajstić information content (AvgIpc) is 2.63. The van der Waals surface area contributed by atoms with Crippen molar-refractivity contribution in [2.75, 3.05) is 25.5 Å². The minimum absolute atomic E-state index is 0.0774. The molecule has 1 aliphatic rings. The summed E-state index contributed by atoms with van der Waals surface area (Å²) < 4.78 is 0. The molecule has 1 atom stereocenters. The Bertz CT molecular complexity index is 701. The van der Waals surface area contributed by atoms with E-state index in [2.05, 4.69) is 20.8 Å². The molecule has 6 heteroatoms. The van der Waals surface area contributed by atoms with Crippen LogP contribution in [-0.4, -0.2) is 47.2 Å². The summed E-state index contributed by atoms with van der Waals surface area (Å²) in [4.78, 5) is 14.7. The van der Waals surface area contributed by atoms with Crippen molar-refractivity contribution in [3.05, 3.63) is 47.7 Å². The van der Waals surface area contributed by atoms with E-state index < -0.39 is 0 Å². The Labute approximate surface area is 142 Å². The van der Waals surface area contributed by atoms with Gasteiger partial charge < -0.3 is 15.5 Å². The minimum Gasteiger partial charge on any atom is -0.339 e. The molecule has 0 aliphatic carbocycles. The number of nitrogens with zero attached hydrogens (tertiary/aromatic N) is 3. The summed E-state index contributed by atoms with van der Waals surface area (Å²) >= 11 is 0. The van der Waals surface area contributed by atoms with Gasteiger partial charge in [-0.1, -0.05) is 6.07 Å². The minimum atomic E-state index is 0.0774. The fourth-order valence-electron chi connectivity index (χ4n) is 2.92. The highest BCUT2D eigenvalue weighted by molar-refractivity contribution is 5.95. The van der Waals surface area contributed by atoms with Crippen LogP contribution in [0.2, 0.25) is 0 Å². The number of benzene rings is 1. The van der Waals surface area contributed by atoms with Crippen LogP contribution in [0.5, 0.6) is 0 Å². The second-order valence-corrected chi connectivity index (χ2v) is 6.14. The highest BCUT2D eigenvalue weighted by Crippen LogP contribution is 2.19. The summed E-state index contributed by atoms with van der Waals surface area (Å²) in [5.74, 6) is 0.743. The third-order valence-electron chi connectivity index (χ3n) is 4.30. The number of hydrogen-bond donors (Lipinski definition) is 2. The van der Waals surface area contributed by atoms with Crippen LogP contribution >= 0.6 is 0 Å². The molecule has 1 aromatic heterocycles. The van der Waals surface area contributed by atoms with E-state index >= 15 is 0 Å². The lowest BCUT2D eigenvalue weighted by atomic mass is 10.0. The van der Waals surface area contributed by atoms with Gasteiger partial charge in [0.05, 0.1) is 5.69 Å². The molecule has 0 spiro atoms. The van der Waals surface area contributed by atoms with Crippen LogP contribution in [0.15, 0.2) is 36.4 Å². The molecule has 1 aromatic carbocycles. The molecule has 1 aliphatic heterocycles. The van der Waals surface area contributed by atoms with Gasteiger partial charge in [0.2, 0.25) is 0 Å². The van der Waals surface area contributed by atoms with Crippen LogP contribution in [0.4, 0.5) is 11.5 Å². The lowest BCUT2D eigenvalue weighted by molar-refractivity contribution is 0.0698. The van der Waals surface area contributed by atoms with E-state index in [1.165, 1.54) is 0 Å². The third-order valence-corrected chi connectivity index (χ3v) is 4.30. The first-order chi connectivity index (χ1) is 11.7. The largest absolute Gasteiger partial charge is 0.339 e. The number of likely N-dealkylation sites (N-methyl/N-ethyl adjacent to an activating group) is 1. The van der Waals surface area contributed by atoms with Gasteiger partial charge in [-0.25, -0.2) is 0 Å². The molecule has 2 N–H and O–H groups in total. The number of amides is 1. The summed E-state index contributed by atoms with van der Waals surface area (Å²) in [6, 6.07) is 11.7. The molecule has 3 rings (SSSR count). The van der Waals surface area contributed by atoms with E-state index in [1.807, 2.05) is 55.3 Å². The molecular formula is C18H23N5O. The first-order valence-electron chi connectivity index (χ1n) is 8.29. The molecule has 6 nitrogen and oxygen atoms in total. The Balaban J connectivity index is 1.72. The smallest absolute Gasteiger partial charge is 0.253 e. The average molecular weight is 325 g/mol. The second-order valence-electron chi connectivity index (χ2n) is 6.14. The maximum absolute atomic E-state index is 12.8. The van der Waals surface area contributed by atoms with Gasteiger partial charge in [0.1, 0.15) is 0 Å². The molecule has 0 bridgehead atoms. The SMILES string of the molecule is CNC1CCCN(C(=O)c2cccc(Nc3ccc(C)nn3)c2)C1. The summed E-state index contributed by atoms with van der Waals surface area (Å²) in [6.07, 6.45) is 2.15. The van der Waals surface area contributed by atoms with Gasteiger partial charge in [0, 0.05) is 30.4 Å². The number of rotatable bonds is 4. The van der Waals surface area contributed by atoms with Crippen molar-refractivity contribution in [3.63, 3.8) is 0 Å². The Hall–Kier alpha value is -2.47. The van der Waals surface area contributed by atoms with Crippen LogP contribution in [0.3, 0.4) is 0 Å². The Kier molecular flexibility index (Phi) is 5.05. The lowest BCUT2D eigenvalue weighted by Gasteiger charge is -2.32. The number of carbonyl (C=O) groups is 1. The summed E-state index contributed by atoms with van der Waals surface area (Å²) in [5.41, 5.74) is 2.40. The standard InChI is InChI=1S/C18H23N5O/c1-13-8-9-17(22-21-13)20-15-6-3-5-14(11-15)18(24)23-10-4-7-16(12-23)19-2/h3,5-6,8-9,11,16,19H,4,7,10,12H2,1-2H3,(H,20,22). The van der Waals surface area contributed by atoms with Gasteiger partial charge >= 0.3 is 0 Å². The predicted molar refractivity (Wildman–Crippen MR) is 94.5 cm³/mol. The number of piperidine rings is 1. The predicted octanol–water partition coefficient (Wildman–Crippen LogP) is 2.35. The number of hydrogen-bond acceptors (Lipinski definition) is 5. The van der Waals surface area contributed by atoms with Crippen LogP contribution in [-0.2, 0) is 0 Å². The van der Waals surface area contributed by atoms with Crippen molar-refractivity contribution in [1.82, 2.24) is 20.4 Å². The molecule has 1 fully saturated rings. The van der Waals surface area contributed by atoms with Gasteiger partial charge in [0.25, 0.3) is 5.91 Å². The summed E-state index contributed by atoms with van der Waals surface area (Å²) in [6.45, 7) is 3.47. The molecule has 0 radical (unpaired) electrons. The zero-order chi connectivity index (χ0) is 16.9. The van der Waals surface area contributed by atoms with Crippen molar-refractivity contribution >= 4 is 17.4 Å². The Morgan fingerprint density at radius 2 is 2.12 bits per heavy atom. The van der Waals surface area contributed by atoms with Crippen LogP contribution in [0, 0.1) is 6.92 Å². The zero-order valence-electron chi connectivity index (χ0n) is 14.1. The maximum Gasteiger partial charge on any atom is 0.253 e. The molecule has 24 heavy (non-hydrogen) atoms. The molecule has 1 unspecified atom stereocenters. The van der Waals surface area contributed by atoms with Crippen molar-refractivity contribution < 1.29 is 4.79 Å². The van der Waals surface area contributed by atoms with Crippen molar-refractivity contribution in [2.24, 2.45) is 0 Å². The number of nitrogens with one attached hydrogen (secondary N) is 2. The third kappa shape index (κ3) is 3.89. The highest BCUT2D eigenvalue weighted by Gasteiger charge is 2.23. The van der Waals surface area contributed by atoms with Crippen molar-refractivity contribution in [1.29, 1.82) is 0 Å². The number of likely N-dealkylation sites (tertiary alicyclic amines) is 1. The number of aryl methyl sites for hydroxylation is 1. The number of anilines is 2. The molecule has 126 valence electrons. The molecule has 2 heterocycles. The first kappa shape index (κ1) is 16.4. The second kappa shape index (κ2) is 7.40. The lowest BCUT2D eigenvalue weighted by Crippen LogP contribution is -2.46. The first-order valence-corrected chi connectivity index (χ1v) is 8.29. The van der Waals surface area contributed by atoms with E-state index in [4.69, 9.17) is 0 Å². The molecule has 0 saturated carbocycles. The van der Waals surface area contributed by atoms with Gasteiger partial charge in [-0.05, 0) is 57.1 Å². The summed E-state index contributed by atoms with van der Waals surface area (Å²) in [5, 5.41) is 14.6. The monoisotopic (exact) mass is 325 g/mol. The van der Waals surface area contributed by atoms with Gasteiger partial charge in [-0.15, -0.1) is 5.10 Å². The van der Waals surface area contributed by atoms with Crippen molar-refractivity contribution in [2.45, 2.75) is 25.8 Å². The summed E-state index contributed by atoms with van der Waals surface area (Å²) in [7, 11) is 1.95. The fourth-order valence-corrected chi connectivity index (χ4v) is 2.92. The van der Waals surface area contributed by atoms with Crippen LogP contribution in [0.1, 0.15) is 28.9 Å². The van der Waals surface area contributed by atoms with E-state index in [0.717, 1.165) is 37.3 Å². The van der Waals surface area contributed by atoms with Crippen molar-refractivity contribution in [3.8, 4) is 0 Å². The fraction of sp³-hybridized carbons (Fsp3) is 0.389. The maximum atomic E-state index is 12.8. The highest BCUT2D eigenvalue weighted by atomic mass is 16.2. The Morgan fingerprint density at radius 3 is 2.88 bits per heavy atom. The molecule has 1 saturated heterocycles. The van der Waals surface area contributed by atoms with E-state index in [9.17, 15) is 4.79 Å². The van der Waals surface area contributed by atoms with Crippen LogP contribution < -0.4 is 10.6 Å². The molecule has 1 amide bonds. The van der Waals surface area contributed by atoms with Gasteiger partial charge in [0.15, 0.2) is 5.82 Å². The van der Waals surface area contributed by atoms with Gasteiger partial charge in [-0.2, -0.15) is 5.10 Å². The normalized spacial score (nSPS) is 17.6. The topological polar surface area (TPSA) is 70.2 Å². The van der Waals surface area contributed by atoms with Crippen LogP contribution in [0.25, 0.3) is 0 Å². The quantitative estimate of drug-likeness (QED) is 0.903. The van der Waals surface area contributed by atoms with E-state index in [1.54, 1.807) is 0 Å².